The monoisotopic (exact) mass is 236 g/mol. The molecule has 1 aliphatic heterocycles. The summed E-state index contributed by atoms with van der Waals surface area (Å²) in [4.78, 5) is 15.6. The summed E-state index contributed by atoms with van der Waals surface area (Å²) < 4.78 is 10.2. The number of hydrogen-bond donors (Lipinski definition) is 1. The van der Waals surface area contributed by atoms with Crippen LogP contribution in [0.3, 0.4) is 0 Å². The van der Waals surface area contributed by atoms with Gasteiger partial charge in [0, 0.05) is 19.3 Å². The number of nitrogens with zero attached hydrogens (tertiary/aromatic N) is 1. The number of pyridine rings is 1. The van der Waals surface area contributed by atoms with Crippen LogP contribution in [0.4, 0.5) is 5.82 Å². The first-order valence-corrected chi connectivity index (χ1v) is 5.70. The summed E-state index contributed by atoms with van der Waals surface area (Å²) in [6, 6.07) is 3.40. The molecule has 1 fully saturated rings. The van der Waals surface area contributed by atoms with Crippen molar-refractivity contribution < 1.29 is 14.3 Å². The van der Waals surface area contributed by atoms with E-state index in [-0.39, 0.29) is 12.1 Å². The van der Waals surface area contributed by atoms with E-state index in [9.17, 15) is 4.79 Å². The van der Waals surface area contributed by atoms with Gasteiger partial charge in [0.05, 0.1) is 13.2 Å². The Labute approximate surface area is 100 Å². The van der Waals surface area contributed by atoms with Gasteiger partial charge in [-0.05, 0) is 25.0 Å². The van der Waals surface area contributed by atoms with Crippen molar-refractivity contribution in [3.63, 3.8) is 0 Å². The number of ether oxygens (including phenoxy) is 2. The number of carbonyl (C=O) groups excluding carboxylic acids is 1. The normalized spacial score (nSPS) is 19.0. The fourth-order valence-corrected chi connectivity index (χ4v) is 1.84. The lowest BCUT2D eigenvalue weighted by Crippen LogP contribution is -2.20. The molecule has 2 heterocycles. The van der Waals surface area contributed by atoms with Crippen molar-refractivity contribution in [3.05, 3.63) is 23.9 Å². The minimum atomic E-state index is -0.382. The van der Waals surface area contributed by atoms with Crippen LogP contribution in [0.25, 0.3) is 0 Å². The quantitative estimate of drug-likeness (QED) is 0.802. The SMILES string of the molecule is COC(=O)c1cccnc1NCC1CCCO1. The molecule has 0 radical (unpaired) electrons. The van der Waals surface area contributed by atoms with Crippen molar-refractivity contribution in [2.75, 3.05) is 25.6 Å². The van der Waals surface area contributed by atoms with E-state index >= 15 is 0 Å². The van der Waals surface area contributed by atoms with Crippen LogP contribution in [0.1, 0.15) is 23.2 Å². The number of rotatable bonds is 4. The van der Waals surface area contributed by atoms with Gasteiger partial charge in [0.2, 0.25) is 0 Å². The summed E-state index contributed by atoms with van der Waals surface area (Å²) in [5.41, 5.74) is 0.452. The summed E-state index contributed by atoms with van der Waals surface area (Å²) in [5, 5.41) is 3.13. The van der Waals surface area contributed by atoms with E-state index in [1.807, 2.05) is 0 Å². The maximum Gasteiger partial charge on any atom is 0.341 e. The van der Waals surface area contributed by atoms with Crippen molar-refractivity contribution in [1.29, 1.82) is 0 Å². The minimum absolute atomic E-state index is 0.211. The van der Waals surface area contributed by atoms with Crippen LogP contribution in [0.2, 0.25) is 0 Å². The number of methoxy groups -OCH3 is 1. The first-order valence-electron chi connectivity index (χ1n) is 5.70. The number of aromatic nitrogens is 1. The Bertz CT molecular complexity index is 389. The molecule has 0 spiro atoms. The van der Waals surface area contributed by atoms with Gasteiger partial charge >= 0.3 is 5.97 Å². The zero-order valence-electron chi connectivity index (χ0n) is 9.81. The second-order valence-corrected chi connectivity index (χ2v) is 3.91. The molecule has 0 aliphatic carbocycles. The van der Waals surface area contributed by atoms with Gasteiger partial charge < -0.3 is 14.8 Å². The lowest BCUT2D eigenvalue weighted by atomic mass is 10.2. The summed E-state index contributed by atoms with van der Waals surface area (Å²) in [7, 11) is 1.36. The Kier molecular flexibility index (Phi) is 3.93. The molecule has 0 bridgehead atoms. The molecular weight excluding hydrogens is 220 g/mol. The van der Waals surface area contributed by atoms with Gasteiger partial charge in [-0.3, -0.25) is 0 Å². The van der Waals surface area contributed by atoms with Gasteiger partial charge in [-0.2, -0.15) is 0 Å². The average Bonchev–Trinajstić information content (AvgIpc) is 2.89. The Hall–Kier alpha value is -1.62. The van der Waals surface area contributed by atoms with Crippen LogP contribution in [-0.2, 0) is 9.47 Å². The number of esters is 1. The highest BCUT2D eigenvalue weighted by atomic mass is 16.5. The third-order valence-electron chi connectivity index (χ3n) is 2.73. The van der Waals surface area contributed by atoms with Crippen molar-refractivity contribution in [3.8, 4) is 0 Å². The van der Waals surface area contributed by atoms with Crippen molar-refractivity contribution in [1.82, 2.24) is 4.98 Å². The molecular formula is C12H16N2O3. The lowest BCUT2D eigenvalue weighted by Gasteiger charge is -2.13. The first-order chi connectivity index (χ1) is 8.31. The predicted molar refractivity (Wildman–Crippen MR) is 63.0 cm³/mol. The van der Waals surface area contributed by atoms with E-state index < -0.39 is 0 Å². The molecule has 92 valence electrons. The molecule has 0 aromatic carbocycles. The van der Waals surface area contributed by atoms with E-state index in [1.54, 1.807) is 18.3 Å². The zero-order chi connectivity index (χ0) is 12.1. The second-order valence-electron chi connectivity index (χ2n) is 3.91. The molecule has 1 aromatic heterocycles. The van der Waals surface area contributed by atoms with Gasteiger partial charge in [-0.15, -0.1) is 0 Å². The van der Waals surface area contributed by atoms with E-state index in [0.29, 0.717) is 17.9 Å². The van der Waals surface area contributed by atoms with Gasteiger partial charge in [-0.25, -0.2) is 9.78 Å². The molecule has 1 aliphatic rings. The highest BCUT2D eigenvalue weighted by molar-refractivity contribution is 5.94. The van der Waals surface area contributed by atoms with Crippen LogP contribution < -0.4 is 5.32 Å². The highest BCUT2D eigenvalue weighted by Crippen LogP contribution is 2.16. The number of carbonyl (C=O) groups is 1. The van der Waals surface area contributed by atoms with Crippen LogP contribution in [-0.4, -0.2) is 37.3 Å². The van der Waals surface area contributed by atoms with E-state index in [1.165, 1.54) is 7.11 Å². The molecule has 5 heteroatoms. The van der Waals surface area contributed by atoms with Crippen molar-refractivity contribution >= 4 is 11.8 Å². The first kappa shape index (κ1) is 11.9. The number of anilines is 1. The zero-order valence-corrected chi connectivity index (χ0v) is 9.81. The molecule has 1 unspecified atom stereocenters. The van der Waals surface area contributed by atoms with Gasteiger partial charge in [0.25, 0.3) is 0 Å². The number of hydrogen-bond acceptors (Lipinski definition) is 5. The third-order valence-corrected chi connectivity index (χ3v) is 2.73. The molecule has 1 atom stereocenters. The highest BCUT2D eigenvalue weighted by Gasteiger charge is 2.17. The molecule has 17 heavy (non-hydrogen) atoms. The molecule has 1 aromatic rings. The summed E-state index contributed by atoms with van der Waals surface area (Å²) in [6.45, 7) is 1.49. The topological polar surface area (TPSA) is 60.5 Å². The van der Waals surface area contributed by atoms with Crippen LogP contribution in [0.15, 0.2) is 18.3 Å². The van der Waals surface area contributed by atoms with Crippen molar-refractivity contribution in [2.45, 2.75) is 18.9 Å². The fourth-order valence-electron chi connectivity index (χ4n) is 1.84. The molecule has 2 rings (SSSR count). The summed E-state index contributed by atoms with van der Waals surface area (Å²) in [6.07, 6.45) is 4.00. The molecule has 5 nitrogen and oxygen atoms in total. The molecule has 0 saturated carbocycles. The van der Waals surface area contributed by atoms with Crippen LogP contribution >= 0.6 is 0 Å². The largest absolute Gasteiger partial charge is 0.465 e. The van der Waals surface area contributed by atoms with E-state index in [0.717, 1.165) is 19.4 Å². The van der Waals surface area contributed by atoms with Crippen LogP contribution in [0, 0.1) is 0 Å². The van der Waals surface area contributed by atoms with E-state index in [4.69, 9.17) is 9.47 Å². The number of nitrogens with one attached hydrogen (secondary N) is 1. The van der Waals surface area contributed by atoms with Gasteiger partial charge in [0.1, 0.15) is 11.4 Å². The maximum atomic E-state index is 11.5. The maximum absolute atomic E-state index is 11.5. The summed E-state index contributed by atoms with van der Waals surface area (Å²) >= 11 is 0. The Morgan fingerprint density at radius 2 is 2.59 bits per heavy atom. The third kappa shape index (κ3) is 2.94. The van der Waals surface area contributed by atoms with Gasteiger partial charge in [0.15, 0.2) is 0 Å². The standard InChI is InChI=1S/C12H16N2O3/c1-16-12(15)10-5-2-6-13-11(10)14-8-9-4-3-7-17-9/h2,5-6,9H,3-4,7-8H2,1H3,(H,13,14). The lowest BCUT2D eigenvalue weighted by molar-refractivity contribution is 0.0601. The Morgan fingerprint density at radius 3 is 3.29 bits per heavy atom. The average molecular weight is 236 g/mol. The van der Waals surface area contributed by atoms with Crippen LogP contribution in [0.5, 0.6) is 0 Å². The smallest absolute Gasteiger partial charge is 0.341 e. The predicted octanol–water partition coefficient (Wildman–Crippen LogP) is 1.46. The minimum Gasteiger partial charge on any atom is -0.465 e. The second kappa shape index (κ2) is 5.63. The van der Waals surface area contributed by atoms with Gasteiger partial charge in [-0.1, -0.05) is 0 Å². The van der Waals surface area contributed by atoms with Crippen molar-refractivity contribution in [2.24, 2.45) is 0 Å². The molecule has 1 N–H and O–H groups in total. The molecule has 1 saturated heterocycles. The Morgan fingerprint density at radius 1 is 1.71 bits per heavy atom. The Balaban J connectivity index is 2.01. The van der Waals surface area contributed by atoms with E-state index in [2.05, 4.69) is 10.3 Å². The fraction of sp³-hybridized carbons (Fsp3) is 0.500. The summed E-state index contributed by atoms with van der Waals surface area (Å²) in [5.74, 6) is 0.169. The molecule has 0 amide bonds.